The molecule has 0 bridgehead atoms. The van der Waals surface area contributed by atoms with E-state index in [0.717, 1.165) is 4.47 Å². The Morgan fingerprint density at radius 3 is 2.79 bits per heavy atom. The molecule has 0 unspecified atom stereocenters. The number of nitrogens with one attached hydrogen (secondary N) is 1. The van der Waals surface area contributed by atoms with Gasteiger partial charge in [-0.25, -0.2) is 4.68 Å². The summed E-state index contributed by atoms with van der Waals surface area (Å²) >= 11 is 9.27. The van der Waals surface area contributed by atoms with Gasteiger partial charge >= 0.3 is 0 Å². The van der Waals surface area contributed by atoms with E-state index in [9.17, 15) is 4.79 Å². The van der Waals surface area contributed by atoms with Gasteiger partial charge in [-0.15, -0.1) is 0 Å². The first kappa shape index (κ1) is 14.1. The predicted octanol–water partition coefficient (Wildman–Crippen LogP) is 4.13. The maximum Gasteiger partial charge on any atom is 0.256 e. The molecule has 100 valence electrons. The van der Waals surface area contributed by atoms with Crippen LogP contribution < -0.4 is 5.32 Å². The van der Waals surface area contributed by atoms with Crippen molar-refractivity contribution in [1.29, 1.82) is 0 Å². The average molecular weight is 343 g/mol. The van der Waals surface area contributed by atoms with Gasteiger partial charge in [0.1, 0.15) is 5.82 Å². The molecule has 2 rings (SSSR count). The fourth-order valence-electron chi connectivity index (χ4n) is 1.65. The van der Waals surface area contributed by atoms with Crippen LogP contribution in [0.4, 0.5) is 5.82 Å². The van der Waals surface area contributed by atoms with Crippen molar-refractivity contribution >= 4 is 39.3 Å². The van der Waals surface area contributed by atoms with Gasteiger partial charge in [-0.1, -0.05) is 11.6 Å². The van der Waals surface area contributed by atoms with Gasteiger partial charge in [0.05, 0.1) is 11.2 Å². The molecule has 0 aliphatic carbocycles. The number of benzene rings is 1. The van der Waals surface area contributed by atoms with Gasteiger partial charge in [0, 0.05) is 22.1 Å². The van der Waals surface area contributed by atoms with Crippen LogP contribution in [0.3, 0.4) is 0 Å². The Labute approximate surface area is 124 Å². The van der Waals surface area contributed by atoms with Crippen molar-refractivity contribution in [3.05, 3.63) is 45.5 Å². The molecular weight excluding hydrogens is 330 g/mol. The molecule has 1 aromatic heterocycles. The number of carbonyl (C=O) groups excluding carboxylic acids is 1. The van der Waals surface area contributed by atoms with E-state index in [1.165, 1.54) is 0 Å². The first-order valence-electron chi connectivity index (χ1n) is 5.79. The van der Waals surface area contributed by atoms with Gasteiger partial charge in [0.15, 0.2) is 0 Å². The van der Waals surface area contributed by atoms with E-state index in [1.54, 1.807) is 35.1 Å². The fraction of sp³-hybridized carbons (Fsp3) is 0.231. The molecule has 4 nitrogen and oxygen atoms in total. The second kappa shape index (κ2) is 5.75. The Hall–Kier alpha value is -1.33. The molecule has 0 aliphatic rings. The summed E-state index contributed by atoms with van der Waals surface area (Å²) in [5.74, 6) is 0.454. The van der Waals surface area contributed by atoms with E-state index >= 15 is 0 Å². The van der Waals surface area contributed by atoms with E-state index in [4.69, 9.17) is 11.6 Å². The molecule has 1 heterocycles. The normalized spacial score (nSPS) is 10.8. The van der Waals surface area contributed by atoms with E-state index in [0.29, 0.717) is 16.4 Å². The first-order chi connectivity index (χ1) is 8.99. The van der Waals surface area contributed by atoms with E-state index in [-0.39, 0.29) is 11.9 Å². The number of nitrogens with zero attached hydrogens (tertiary/aromatic N) is 2. The minimum Gasteiger partial charge on any atom is -0.307 e. The molecule has 19 heavy (non-hydrogen) atoms. The molecule has 1 amide bonds. The van der Waals surface area contributed by atoms with Crippen LogP contribution in [-0.2, 0) is 0 Å². The Morgan fingerprint density at radius 1 is 1.42 bits per heavy atom. The molecule has 0 saturated heterocycles. The summed E-state index contributed by atoms with van der Waals surface area (Å²) in [6.45, 7) is 4.00. The van der Waals surface area contributed by atoms with Gasteiger partial charge < -0.3 is 5.32 Å². The quantitative estimate of drug-likeness (QED) is 0.911. The molecule has 0 radical (unpaired) electrons. The van der Waals surface area contributed by atoms with Crippen LogP contribution in [0.2, 0.25) is 5.02 Å². The maximum atomic E-state index is 12.1. The van der Waals surface area contributed by atoms with Gasteiger partial charge in [0.2, 0.25) is 0 Å². The number of carbonyl (C=O) groups is 1. The van der Waals surface area contributed by atoms with Crippen molar-refractivity contribution in [3.63, 3.8) is 0 Å². The number of rotatable bonds is 3. The zero-order chi connectivity index (χ0) is 14.0. The molecule has 0 spiro atoms. The fourth-order valence-corrected chi connectivity index (χ4v) is 2.08. The summed E-state index contributed by atoms with van der Waals surface area (Å²) in [6.07, 6.45) is 1.66. The molecule has 0 fully saturated rings. The van der Waals surface area contributed by atoms with Crippen LogP contribution in [0, 0.1) is 0 Å². The van der Waals surface area contributed by atoms with E-state index in [1.807, 2.05) is 13.8 Å². The Kier molecular flexibility index (Phi) is 4.27. The number of amides is 1. The van der Waals surface area contributed by atoms with Crippen molar-refractivity contribution in [2.45, 2.75) is 19.9 Å². The van der Waals surface area contributed by atoms with E-state index in [2.05, 4.69) is 26.3 Å². The monoisotopic (exact) mass is 341 g/mol. The van der Waals surface area contributed by atoms with Crippen molar-refractivity contribution < 1.29 is 4.79 Å². The van der Waals surface area contributed by atoms with Crippen LogP contribution >= 0.6 is 27.5 Å². The second-order valence-corrected chi connectivity index (χ2v) is 5.60. The number of anilines is 1. The van der Waals surface area contributed by atoms with Crippen LogP contribution in [-0.4, -0.2) is 15.7 Å². The average Bonchev–Trinajstić information content (AvgIpc) is 2.80. The molecule has 1 aromatic carbocycles. The smallest absolute Gasteiger partial charge is 0.256 e. The summed E-state index contributed by atoms with van der Waals surface area (Å²) in [4.78, 5) is 12.1. The van der Waals surface area contributed by atoms with Crippen molar-refractivity contribution in [1.82, 2.24) is 9.78 Å². The molecule has 0 atom stereocenters. The Bertz CT molecular complexity index is 610. The van der Waals surface area contributed by atoms with Crippen molar-refractivity contribution in [3.8, 4) is 0 Å². The third kappa shape index (κ3) is 3.16. The Balaban J connectivity index is 2.21. The van der Waals surface area contributed by atoms with Gasteiger partial charge in [-0.05, 0) is 48.0 Å². The zero-order valence-electron chi connectivity index (χ0n) is 10.5. The highest BCUT2D eigenvalue weighted by Gasteiger charge is 2.12. The van der Waals surface area contributed by atoms with Crippen molar-refractivity contribution in [2.24, 2.45) is 0 Å². The third-order valence-corrected chi connectivity index (χ3v) is 3.82. The topological polar surface area (TPSA) is 46.9 Å². The maximum absolute atomic E-state index is 12.1. The second-order valence-electron chi connectivity index (χ2n) is 4.34. The van der Waals surface area contributed by atoms with Crippen LogP contribution in [0.25, 0.3) is 0 Å². The number of hydrogen-bond acceptors (Lipinski definition) is 2. The number of halogens is 2. The third-order valence-electron chi connectivity index (χ3n) is 2.58. The van der Waals surface area contributed by atoms with E-state index < -0.39 is 0 Å². The predicted molar refractivity (Wildman–Crippen MR) is 79.7 cm³/mol. The van der Waals surface area contributed by atoms with Crippen LogP contribution in [0.15, 0.2) is 34.9 Å². The summed E-state index contributed by atoms with van der Waals surface area (Å²) in [5.41, 5.74) is 0.504. The molecule has 2 aromatic rings. The highest BCUT2D eigenvalue weighted by atomic mass is 79.9. The number of aromatic nitrogens is 2. The summed E-state index contributed by atoms with van der Waals surface area (Å²) in [7, 11) is 0. The molecule has 0 aliphatic heterocycles. The molecular formula is C13H13BrClN3O. The Morgan fingerprint density at radius 2 is 2.16 bits per heavy atom. The van der Waals surface area contributed by atoms with Gasteiger partial charge in [-0.3, -0.25) is 4.79 Å². The highest BCUT2D eigenvalue weighted by Crippen LogP contribution is 2.23. The standard InChI is InChI=1S/C13H13BrClN3O/c1-8(2)18-12(5-6-16-18)17-13(19)9-3-4-10(14)11(15)7-9/h3-8H,1-2H3,(H,17,19). The van der Waals surface area contributed by atoms with Crippen molar-refractivity contribution in [2.75, 3.05) is 5.32 Å². The van der Waals surface area contributed by atoms with Gasteiger partial charge in [0.25, 0.3) is 5.91 Å². The SMILES string of the molecule is CC(C)n1nccc1NC(=O)c1ccc(Br)c(Cl)c1. The lowest BCUT2D eigenvalue weighted by molar-refractivity contribution is 0.102. The zero-order valence-corrected chi connectivity index (χ0v) is 12.9. The molecule has 1 N–H and O–H groups in total. The summed E-state index contributed by atoms with van der Waals surface area (Å²) in [5, 5.41) is 7.49. The van der Waals surface area contributed by atoms with Gasteiger partial charge in [-0.2, -0.15) is 5.10 Å². The minimum atomic E-state index is -0.211. The molecule has 6 heteroatoms. The van der Waals surface area contributed by atoms with Crippen LogP contribution in [0.1, 0.15) is 30.2 Å². The van der Waals surface area contributed by atoms with Crippen LogP contribution in [0.5, 0.6) is 0 Å². The number of hydrogen-bond donors (Lipinski definition) is 1. The minimum absolute atomic E-state index is 0.179. The largest absolute Gasteiger partial charge is 0.307 e. The molecule has 0 saturated carbocycles. The lowest BCUT2D eigenvalue weighted by atomic mass is 10.2. The summed E-state index contributed by atoms with van der Waals surface area (Å²) < 4.78 is 2.51. The lowest BCUT2D eigenvalue weighted by Crippen LogP contribution is -2.16. The summed E-state index contributed by atoms with van der Waals surface area (Å²) in [6, 6.07) is 7.02. The lowest BCUT2D eigenvalue weighted by Gasteiger charge is -2.12. The first-order valence-corrected chi connectivity index (χ1v) is 6.96. The highest BCUT2D eigenvalue weighted by molar-refractivity contribution is 9.10.